The first-order chi connectivity index (χ1) is 24.0. The van der Waals surface area contributed by atoms with Crippen LogP contribution in [0, 0.1) is 0 Å². The minimum atomic E-state index is -0.550. The van der Waals surface area contributed by atoms with E-state index in [1.54, 1.807) is 0 Å². The quantitative estimate of drug-likeness (QED) is 0.177. The van der Waals surface area contributed by atoms with Gasteiger partial charge in [0, 0.05) is 16.5 Å². The summed E-state index contributed by atoms with van der Waals surface area (Å²) in [6, 6.07) is 58.6. The van der Waals surface area contributed by atoms with E-state index in [4.69, 9.17) is 4.74 Å². The van der Waals surface area contributed by atoms with Crippen LogP contribution < -0.4 is 4.74 Å². The smallest absolute Gasteiger partial charge is 0.132 e. The molecule has 0 N–H and O–H groups in total. The lowest BCUT2D eigenvalue weighted by atomic mass is 9.65. The first-order valence-corrected chi connectivity index (χ1v) is 17.3. The molecule has 8 aromatic carbocycles. The molecule has 11 rings (SSSR count). The molecule has 1 spiro atoms. The van der Waals surface area contributed by atoms with Crippen molar-refractivity contribution in [2.45, 2.75) is 24.7 Å². The molecule has 0 amide bonds. The van der Waals surface area contributed by atoms with Crippen LogP contribution in [0.3, 0.4) is 0 Å². The molecule has 0 bridgehead atoms. The number of fused-ring (bicyclic) bond motifs is 16. The number of ether oxygens (including phenoxy) is 1. The van der Waals surface area contributed by atoms with Gasteiger partial charge in [0.05, 0.1) is 5.41 Å². The predicted molar refractivity (Wildman–Crippen MR) is 202 cm³/mol. The third kappa shape index (κ3) is 3.35. The van der Waals surface area contributed by atoms with Crippen molar-refractivity contribution < 1.29 is 4.74 Å². The number of hydrogen-bond acceptors (Lipinski definition) is 1. The van der Waals surface area contributed by atoms with Gasteiger partial charge in [0.25, 0.3) is 0 Å². The molecular weight excluding hydrogens is 593 g/mol. The summed E-state index contributed by atoms with van der Waals surface area (Å²) < 4.78 is 6.81. The van der Waals surface area contributed by atoms with Gasteiger partial charge in [-0.05, 0) is 101 Å². The molecule has 0 saturated heterocycles. The highest BCUT2D eigenvalue weighted by molar-refractivity contribution is 6.12. The third-order valence-corrected chi connectivity index (χ3v) is 11.7. The molecule has 0 saturated carbocycles. The van der Waals surface area contributed by atoms with Gasteiger partial charge in [0.2, 0.25) is 0 Å². The van der Waals surface area contributed by atoms with Crippen molar-refractivity contribution in [2.24, 2.45) is 0 Å². The first kappa shape index (κ1) is 27.1. The SMILES string of the molecule is CC1(C)c2ccccc2-c2ccc(-c3ccc4c(c3)C3(c5ccccc5O4)c4ccc5ccccc5c4-c4c3ccc3ccccc43)cc21. The Hall–Kier alpha value is -5.92. The van der Waals surface area contributed by atoms with Crippen LogP contribution in [0.25, 0.3) is 54.9 Å². The zero-order valence-corrected chi connectivity index (χ0v) is 27.4. The molecule has 0 atom stereocenters. The van der Waals surface area contributed by atoms with Crippen molar-refractivity contribution in [3.05, 3.63) is 191 Å². The fraction of sp³-hybridized carbons (Fsp3) is 0.0833. The summed E-state index contributed by atoms with van der Waals surface area (Å²) in [6.07, 6.45) is 0. The molecule has 0 unspecified atom stereocenters. The third-order valence-electron chi connectivity index (χ3n) is 11.7. The molecule has 1 heteroatoms. The van der Waals surface area contributed by atoms with Gasteiger partial charge < -0.3 is 4.74 Å². The molecule has 230 valence electrons. The molecule has 0 fully saturated rings. The second-order valence-electron chi connectivity index (χ2n) is 14.4. The molecular formula is C48H32O. The van der Waals surface area contributed by atoms with E-state index >= 15 is 0 Å². The van der Waals surface area contributed by atoms with E-state index in [2.05, 4.69) is 172 Å². The molecule has 8 aromatic rings. The van der Waals surface area contributed by atoms with Crippen molar-refractivity contribution in [1.29, 1.82) is 0 Å². The Balaban J connectivity index is 1.23. The van der Waals surface area contributed by atoms with E-state index in [1.165, 1.54) is 88.3 Å². The highest BCUT2D eigenvalue weighted by Gasteiger charge is 2.52. The molecule has 1 aliphatic heterocycles. The predicted octanol–water partition coefficient (Wildman–Crippen LogP) is 12.4. The van der Waals surface area contributed by atoms with Gasteiger partial charge in [-0.25, -0.2) is 0 Å². The summed E-state index contributed by atoms with van der Waals surface area (Å²) in [4.78, 5) is 0. The Morgan fingerprint density at radius 3 is 1.63 bits per heavy atom. The number of hydrogen-bond donors (Lipinski definition) is 0. The van der Waals surface area contributed by atoms with Crippen molar-refractivity contribution in [3.8, 4) is 44.9 Å². The van der Waals surface area contributed by atoms with E-state index < -0.39 is 5.41 Å². The molecule has 3 aliphatic rings. The maximum Gasteiger partial charge on any atom is 0.132 e. The molecule has 0 aromatic heterocycles. The van der Waals surface area contributed by atoms with Gasteiger partial charge in [-0.3, -0.25) is 0 Å². The summed E-state index contributed by atoms with van der Waals surface area (Å²) in [5.74, 6) is 1.83. The van der Waals surface area contributed by atoms with Crippen LogP contribution in [0.15, 0.2) is 158 Å². The van der Waals surface area contributed by atoms with Crippen molar-refractivity contribution >= 4 is 21.5 Å². The maximum absolute atomic E-state index is 6.81. The molecule has 1 nitrogen and oxygen atoms in total. The van der Waals surface area contributed by atoms with Gasteiger partial charge in [0.15, 0.2) is 0 Å². The highest BCUT2D eigenvalue weighted by Crippen LogP contribution is 2.64. The number of para-hydroxylation sites is 1. The largest absolute Gasteiger partial charge is 0.457 e. The molecule has 49 heavy (non-hydrogen) atoms. The van der Waals surface area contributed by atoms with E-state index in [-0.39, 0.29) is 5.41 Å². The fourth-order valence-electron chi connectivity index (χ4n) is 9.54. The topological polar surface area (TPSA) is 9.23 Å². The van der Waals surface area contributed by atoms with Gasteiger partial charge >= 0.3 is 0 Å². The Labute approximate surface area is 286 Å². The van der Waals surface area contributed by atoms with Crippen LogP contribution in [0.1, 0.15) is 47.2 Å². The average Bonchev–Trinajstić information content (AvgIpc) is 3.58. The monoisotopic (exact) mass is 624 g/mol. The molecule has 2 aliphatic carbocycles. The Morgan fingerprint density at radius 2 is 0.918 bits per heavy atom. The van der Waals surface area contributed by atoms with E-state index in [1.807, 2.05) is 0 Å². The maximum atomic E-state index is 6.81. The van der Waals surface area contributed by atoms with Crippen LogP contribution in [-0.2, 0) is 10.8 Å². The zero-order chi connectivity index (χ0) is 32.5. The standard InChI is InChI=1S/C48H32O/c1-47(2)37-16-8-7-15-35(37)36-23-19-31(27-41(36)47)32-22-26-44-42(28-32)48(38-17-9-10-18-43(38)49-44)39-24-20-29-11-3-5-13-33(29)45(39)46-34-14-6-4-12-30(34)21-25-40(46)48/h3-28H,1-2H3. The van der Waals surface area contributed by atoms with Crippen molar-refractivity contribution in [1.82, 2.24) is 0 Å². The van der Waals surface area contributed by atoms with Crippen LogP contribution >= 0.6 is 0 Å². The van der Waals surface area contributed by atoms with Gasteiger partial charge in [-0.15, -0.1) is 0 Å². The molecule has 1 heterocycles. The second kappa shape index (κ2) is 9.36. The van der Waals surface area contributed by atoms with Crippen LogP contribution in [0.2, 0.25) is 0 Å². The minimum absolute atomic E-state index is 0.0646. The van der Waals surface area contributed by atoms with Gasteiger partial charge in [-0.1, -0.05) is 147 Å². The number of benzene rings is 8. The first-order valence-electron chi connectivity index (χ1n) is 17.3. The summed E-state index contributed by atoms with van der Waals surface area (Å²) in [5.41, 5.74) is 15.0. The zero-order valence-electron chi connectivity index (χ0n) is 27.4. The van der Waals surface area contributed by atoms with Gasteiger partial charge in [-0.2, -0.15) is 0 Å². The summed E-state index contributed by atoms with van der Waals surface area (Å²) in [6.45, 7) is 4.71. The second-order valence-corrected chi connectivity index (χ2v) is 14.4. The van der Waals surface area contributed by atoms with E-state index in [0.717, 1.165) is 11.5 Å². The van der Waals surface area contributed by atoms with Crippen LogP contribution in [0.4, 0.5) is 0 Å². The van der Waals surface area contributed by atoms with Crippen LogP contribution in [0.5, 0.6) is 11.5 Å². The van der Waals surface area contributed by atoms with Gasteiger partial charge in [0.1, 0.15) is 11.5 Å². The fourth-order valence-corrected chi connectivity index (χ4v) is 9.54. The lowest BCUT2D eigenvalue weighted by Crippen LogP contribution is -2.32. The minimum Gasteiger partial charge on any atom is -0.457 e. The Bertz CT molecular complexity index is 2640. The van der Waals surface area contributed by atoms with Crippen LogP contribution in [-0.4, -0.2) is 0 Å². The van der Waals surface area contributed by atoms with E-state index in [9.17, 15) is 0 Å². The lowest BCUT2D eigenvalue weighted by Gasteiger charge is -2.39. The average molecular weight is 625 g/mol. The summed E-state index contributed by atoms with van der Waals surface area (Å²) in [5, 5.41) is 5.09. The van der Waals surface area contributed by atoms with Crippen molar-refractivity contribution in [3.63, 3.8) is 0 Å². The Kier molecular flexibility index (Phi) is 5.17. The van der Waals surface area contributed by atoms with E-state index in [0.29, 0.717) is 0 Å². The normalized spacial score (nSPS) is 15.2. The molecule has 0 radical (unpaired) electrons. The number of rotatable bonds is 1. The summed E-state index contributed by atoms with van der Waals surface area (Å²) >= 11 is 0. The van der Waals surface area contributed by atoms with Crippen molar-refractivity contribution in [2.75, 3.05) is 0 Å². The summed E-state index contributed by atoms with van der Waals surface area (Å²) in [7, 11) is 0. The highest BCUT2D eigenvalue weighted by atomic mass is 16.5. The lowest BCUT2D eigenvalue weighted by molar-refractivity contribution is 0.436. The Morgan fingerprint density at radius 1 is 0.388 bits per heavy atom.